The summed E-state index contributed by atoms with van der Waals surface area (Å²) in [6.45, 7) is 0.318. The molecule has 0 bridgehead atoms. The second kappa shape index (κ2) is 8.57. The van der Waals surface area contributed by atoms with Crippen LogP contribution in [0.2, 0.25) is 0 Å². The highest BCUT2D eigenvalue weighted by Crippen LogP contribution is 2.36. The molecule has 2 aliphatic heterocycles. The van der Waals surface area contributed by atoms with Crippen LogP contribution in [0.5, 0.6) is 11.5 Å². The van der Waals surface area contributed by atoms with Crippen molar-refractivity contribution in [3.8, 4) is 22.8 Å². The van der Waals surface area contributed by atoms with E-state index in [2.05, 4.69) is 15.1 Å². The van der Waals surface area contributed by atoms with Gasteiger partial charge in [-0.2, -0.15) is 9.50 Å². The third-order valence-electron chi connectivity index (χ3n) is 6.17. The molecule has 2 aromatic carbocycles. The standard InChI is InChI=1S/C23H15F5N6O3/c24-16-15(17(25)19(27)20(28)18(16)26)21(35)32-5-7-33(8-6-32)23-30-22-29-4-3-12(34(22)31-23)11-1-2-13-14(9-11)37-10-36-13/h1-4,9H,5-8,10H2. The average Bonchev–Trinajstić information content (AvgIpc) is 3.57. The lowest BCUT2D eigenvalue weighted by molar-refractivity contribution is 0.0732. The van der Waals surface area contributed by atoms with Gasteiger partial charge in [0.05, 0.1) is 5.69 Å². The first-order chi connectivity index (χ1) is 17.8. The number of piperazine rings is 1. The molecular weight excluding hydrogens is 503 g/mol. The monoisotopic (exact) mass is 518 g/mol. The fourth-order valence-electron chi connectivity index (χ4n) is 4.25. The maximum Gasteiger partial charge on any atom is 0.260 e. The second-order valence-electron chi connectivity index (χ2n) is 8.25. The number of anilines is 1. The number of fused-ring (bicyclic) bond motifs is 2. The predicted molar refractivity (Wildman–Crippen MR) is 117 cm³/mol. The lowest BCUT2D eigenvalue weighted by atomic mass is 10.1. The Bertz CT molecular complexity index is 1540. The van der Waals surface area contributed by atoms with Gasteiger partial charge in [-0.25, -0.2) is 26.9 Å². The van der Waals surface area contributed by atoms with Gasteiger partial charge in [0.1, 0.15) is 5.56 Å². The Labute approximate surface area is 204 Å². The highest BCUT2D eigenvalue weighted by atomic mass is 19.2. The van der Waals surface area contributed by atoms with Gasteiger partial charge in [0.15, 0.2) is 34.8 Å². The number of carbonyl (C=O) groups is 1. The summed E-state index contributed by atoms with van der Waals surface area (Å²) in [5, 5.41) is 4.53. The van der Waals surface area contributed by atoms with E-state index in [1.165, 1.54) is 0 Å². The van der Waals surface area contributed by atoms with Crippen LogP contribution in [-0.2, 0) is 0 Å². The Morgan fingerprint density at radius 3 is 2.24 bits per heavy atom. The van der Waals surface area contributed by atoms with Gasteiger partial charge in [0, 0.05) is 37.9 Å². The van der Waals surface area contributed by atoms with Crippen molar-refractivity contribution in [2.24, 2.45) is 0 Å². The highest BCUT2D eigenvalue weighted by molar-refractivity contribution is 5.95. The fraction of sp³-hybridized carbons (Fsp3) is 0.217. The molecule has 0 saturated carbocycles. The lowest BCUT2D eigenvalue weighted by Gasteiger charge is -2.34. The number of hydrogen-bond acceptors (Lipinski definition) is 7. The van der Waals surface area contributed by atoms with E-state index in [1.807, 2.05) is 12.1 Å². The summed E-state index contributed by atoms with van der Waals surface area (Å²) in [5.41, 5.74) is -0.0122. The van der Waals surface area contributed by atoms with Crippen molar-refractivity contribution >= 4 is 17.6 Å². The van der Waals surface area contributed by atoms with Gasteiger partial charge < -0.3 is 19.3 Å². The molecule has 6 rings (SSSR count). The number of rotatable bonds is 3. The number of aromatic nitrogens is 4. The molecule has 0 aliphatic carbocycles. The van der Waals surface area contributed by atoms with Gasteiger partial charge in [0.2, 0.25) is 18.6 Å². The summed E-state index contributed by atoms with van der Waals surface area (Å²) >= 11 is 0. The van der Waals surface area contributed by atoms with Crippen molar-refractivity contribution < 1.29 is 36.2 Å². The van der Waals surface area contributed by atoms with Crippen LogP contribution in [0.3, 0.4) is 0 Å². The van der Waals surface area contributed by atoms with Gasteiger partial charge in [-0.05, 0) is 24.3 Å². The molecule has 4 aromatic rings. The normalized spacial score (nSPS) is 15.1. The lowest BCUT2D eigenvalue weighted by Crippen LogP contribution is -2.49. The Kier molecular flexibility index (Phi) is 5.31. The van der Waals surface area contributed by atoms with E-state index in [9.17, 15) is 26.7 Å². The van der Waals surface area contributed by atoms with Gasteiger partial charge in [0.25, 0.3) is 11.7 Å². The minimum atomic E-state index is -2.32. The molecule has 2 aliphatic rings. The van der Waals surface area contributed by atoms with Crippen LogP contribution in [0.25, 0.3) is 17.0 Å². The molecule has 0 unspecified atom stereocenters. The number of carbonyl (C=O) groups excluding carboxylic acids is 1. The van der Waals surface area contributed by atoms with Crippen LogP contribution >= 0.6 is 0 Å². The van der Waals surface area contributed by atoms with Crippen LogP contribution in [0.4, 0.5) is 27.9 Å². The van der Waals surface area contributed by atoms with Crippen molar-refractivity contribution in [3.05, 3.63) is 65.1 Å². The number of hydrogen-bond donors (Lipinski definition) is 0. The minimum absolute atomic E-state index is 0.0592. The van der Waals surface area contributed by atoms with Crippen molar-refractivity contribution in [1.82, 2.24) is 24.5 Å². The quantitative estimate of drug-likeness (QED) is 0.234. The number of amides is 1. The maximum atomic E-state index is 14.1. The Morgan fingerprint density at radius 1 is 0.838 bits per heavy atom. The van der Waals surface area contributed by atoms with E-state index in [0.29, 0.717) is 28.9 Å². The molecule has 0 spiro atoms. The molecule has 2 aromatic heterocycles. The summed E-state index contributed by atoms with van der Waals surface area (Å²) in [6, 6.07) is 7.18. The highest BCUT2D eigenvalue weighted by Gasteiger charge is 2.34. The molecule has 4 heterocycles. The number of nitrogens with zero attached hydrogens (tertiary/aromatic N) is 6. The van der Waals surface area contributed by atoms with E-state index in [1.54, 1.807) is 27.7 Å². The SMILES string of the molecule is O=C(c1c(F)c(F)c(F)c(F)c1F)N1CCN(c2nc3nccc(-c4ccc5c(c4)OCO5)n3n2)CC1. The van der Waals surface area contributed by atoms with Gasteiger partial charge in [-0.15, -0.1) is 5.10 Å². The molecule has 37 heavy (non-hydrogen) atoms. The number of halogens is 5. The fourth-order valence-corrected chi connectivity index (χ4v) is 4.25. The van der Waals surface area contributed by atoms with Crippen molar-refractivity contribution in [2.75, 3.05) is 37.9 Å². The zero-order valence-electron chi connectivity index (χ0n) is 18.7. The minimum Gasteiger partial charge on any atom is -0.454 e. The first-order valence-electron chi connectivity index (χ1n) is 11.0. The molecule has 9 nitrogen and oxygen atoms in total. The summed E-state index contributed by atoms with van der Waals surface area (Å²) in [5.74, 6) is -10.4. The van der Waals surface area contributed by atoms with Crippen molar-refractivity contribution in [2.45, 2.75) is 0 Å². The molecular formula is C23H15F5N6O3. The van der Waals surface area contributed by atoms with E-state index in [-0.39, 0.29) is 33.0 Å². The molecule has 1 amide bonds. The van der Waals surface area contributed by atoms with Crippen molar-refractivity contribution in [3.63, 3.8) is 0 Å². The number of ether oxygens (including phenoxy) is 2. The largest absolute Gasteiger partial charge is 0.454 e. The third-order valence-corrected chi connectivity index (χ3v) is 6.17. The second-order valence-corrected chi connectivity index (χ2v) is 8.25. The Hall–Kier alpha value is -4.49. The summed E-state index contributed by atoms with van der Waals surface area (Å²) in [7, 11) is 0. The van der Waals surface area contributed by atoms with Crippen molar-refractivity contribution in [1.29, 1.82) is 0 Å². The Morgan fingerprint density at radius 2 is 1.51 bits per heavy atom. The first-order valence-corrected chi connectivity index (χ1v) is 11.0. The molecule has 1 saturated heterocycles. The topological polar surface area (TPSA) is 85.1 Å². The zero-order chi connectivity index (χ0) is 25.8. The van der Waals surface area contributed by atoms with Gasteiger partial charge >= 0.3 is 0 Å². The maximum absolute atomic E-state index is 14.1. The first kappa shape index (κ1) is 22.9. The molecule has 0 N–H and O–H groups in total. The predicted octanol–water partition coefficient (Wildman–Crippen LogP) is 3.18. The van der Waals surface area contributed by atoms with E-state index in [4.69, 9.17) is 9.47 Å². The molecule has 1 fully saturated rings. The average molecular weight is 518 g/mol. The smallest absolute Gasteiger partial charge is 0.260 e. The molecule has 14 heteroatoms. The summed E-state index contributed by atoms with van der Waals surface area (Å²) in [4.78, 5) is 24.0. The van der Waals surface area contributed by atoms with E-state index in [0.717, 1.165) is 10.5 Å². The van der Waals surface area contributed by atoms with Gasteiger partial charge in [-0.3, -0.25) is 4.79 Å². The van der Waals surface area contributed by atoms with Crippen LogP contribution in [0.15, 0.2) is 30.5 Å². The summed E-state index contributed by atoms with van der Waals surface area (Å²) < 4.78 is 81.0. The van der Waals surface area contributed by atoms with Crippen LogP contribution in [-0.4, -0.2) is 63.4 Å². The molecule has 0 atom stereocenters. The number of benzene rings is 2. The molecule has 0 radical (unpaired) electrons. The van der Waals surface area contributed by atoms with Gasteiger partial charge in [-0.1, -0.05) is 0 Å². The molecule has 190 valence electrons. The van der Waals surface area contributed by atoms with Crippen LogP contribution < -0.4 is 14.4 Å². The zero-order valence-corrected chi connectivity index (χ0v) is 18.7. The Balaban J connectivity index is 1.23. The van der Waals surface area contributed by atoms with Crippen LogP contribution in [0.1, 0.15) is 10.4 Å². The van der Waals surface area contributed by atoms with E-state index >= 15 is 0 Å². The van der Waals surface area contributed by atoms with Crippen LogP contribution in [0, 0.1) is 29.1 Å². The van der Waals surface area contributed by atoms with E-state index < -0.39 is 40.6 Å². The summed E-state index contributed by atoms with van der Waals surface area (Å²) in [6.07, 6.45) is 1.58. The third kappa shape index (κ3) is 3.67.